The number of hydrogen-bond donors (Lipinski definition) is 1. The van der Waals surface area contributed by atoms with Gasteiger partial charge < -0.3 is 15.0 Å². The van der Waals surface area contributed by atoms with Gasteiger partial charge in [0.25, 0.3) is 5.92 Å². The number of rotatable bonds is 4. The van der Waals surface area contributed by atoms with E-state index in [-0.39, 0.29) is 23.6 Å². The van der Waals surface area contributed by atoms with Crippen LogP contribution in [-0.2, 0) is 20.4 Å². The zero-order valence-electron chi connectivity index (χ0n) is 14.9. The SMILES string of the molecule is Nc1ncnc2c1ncn2C1OC(COP2OCc3ccccc3O2)CC1(F)F. The minimum atomic E-state index is -3.14. The van der Waals surface area contributed by atoms with Gasteiger partial charge >= 0.3 is 8.60 Å². The fraction of sp³-hybridized carbons (Fsp3) is 0.353. The van der Waals surface area contributed by atoms with Crippen LogP contribution in [0.2, 0.25) is 0 Å². The molecule has 12 heteroatoms. The van der Waals surface area contributed by atoms with E-state index in [0.29, 0.717) is 12.4 Å². The number of alkyl halides is 2. The van der Waals surface area contributed by atoms with Crippen molar-refractivity contribution in [2.45, 2.75) is 31.3 Å². The van der Waals surface area contributed by atoms with Crippen molar-refractivity contribution in [3.05, 3.63) is 42.5 Å². The largest absolute Gasteiger partial charge is 0.426 e. The molecule has 1 fully saturated rings. The first-order valence-electron chi connectivity index (χ1n) is 8.79. The lowest BCUT2D eigenvalue weighted by Gasteiger charge is -2.24. The molecule has 29 heavy (non-hydrogen) atoms. The van der Waals surface area contributed by atoms with Crippen molar-refractivity contribution in [1.82, 2.24) is 19.5 Å². The summed E-state index contributed by atoms with van der Waals surface area (Å²) in [7, 11) is -1.68. The van der Waals surface area contributed by atoms with Crippen LogP contribution in [0, 0.1) is 0 Å². The summed E-state index contributed by atoms with van der Waals surface area (Å²) >= 11 is 0. The number of para-hydroxylation sites is 1. The lowest BCUT2D eigenvalue weighted by molar-refractivity contribution is -0.116. The minimum Gasteiger partial charge on any atom is -0.426 e. The minimum absolute atomic E-state index is 0.0935. The van der Waals surface area contributed by atoms with E-state index in [1.807, 2.05) is 24.3 Å². The summed E-state index contributed by atoms with van der Waals surface area (Å²) in [5.74, 6) is -2.36. The Morgan fingerprint density at radius 1 is 1.28 bits per heavy atom. The predicted octanol–water partition coefficient (Wildman–Crippen LogP) is 3.18. The van der Waals surface area contributed by atoms with Crippen LogP contribution in [0.25, 0.3) is 11.2 Å². The number of anilines is 1. The van der Waals surface area contributed by atoms with Crippen molar-refractivity contribution >= 4 is 25.6 Å². The molecule has 3 atom stereocenters. The molecule has 2 aliphatic heterocycles. The van der Waals surface area contributed by atoms with Gasteiger partial charge in [0.2, 0.25) is 6.23 Å². The van der Waals surface area contributed by atoms with Crippen molar-refractivity contribution in [3.63, 3.8) is 0 Å². The molecule has 9 nitrogen and oxygen atoms in total. The van der Waals surface area contributed by atoms with Crippen LogP contribution < -0.4 is 10.3 Å². The van der Waals surface area contributed by atoms with E-state index in [4.69, 9.17) is 24.0 Å². The van der Waals surface area contributed by atoms with E-state index in [1.54, 1.807) is 0 Å². The molecule has 3 aromatic rings. The molecular formula is C17H16F2N5O4P. The fourth-order valence-corrected chi connectivity index (χ4v) is 4.34. The number of imidazole rings is 1. The summed E-state index contributed by atoms with van der Waals surface area (Å²) in [5.41, 5.74) is 7.07. The molecule has 0 bridgehead atoms. The summed E-state index contributed by atoms with van der Waals surface area (Å²) < 4.78 is 52.8. The van der Waals surface area contributed by atoms with Gasteiger partial charge in [-0.05, 0) is 6.07 Å². The second kappa shape index (κ2) is 7.10. The smallest absolute Gasteiger partial charge is 0.397 e. The van der Waals surface area contributed by atoms with Gasteiger partial charge in [-0.25, -0.2) is 23.7 Å². The Morgan fingerprint density at radius 2 is 2.14 bits per heavy atom. The molecule has 0 radical (unpaired) electrons. The van der Waals surface area contributed by atoms with Crippen LogP contribution in [0.5, 0.6) is 5.75 Å². The van der Waals surface area contributed by atoms with Gasteiger partial charge in [0, 0.05) is 12.0 Å². The lowest BCUT2D eigenvalue weighted by atomic mass is 10.2. The first-order chi connectivity index (χ1) is 14.0. The molecule has 0 aliphatic carbocycles. The summed E-state index contributed by atoms with van der Waals surface area (Å²) in [6.07, 6.45) is -0.513. The monoisotopic (exact) mass is 423 g/mol. The van der Waals surface area contributed by atoms with E-state index in [1.165, 1.54) is 17.2 Å². The molecule has 1 saturated heterocycles. The summed E-state index contributed by atoms with van der Waals surface area (Å²) in [5, 5.41) is 0. The Balaban J connectivity index is 1.27. The molecule has 0 spiro atoms. The molecule has 3 unspecified atom stereocenters. The number of nitrogens with two attached hydrogens (primary N) is 1. The fourth-order valence-electron chi connectivity index (χ4n) is 3.29. The van der Waals surface area contributed by atoms with Crippen molar-refractivity contribution in [2.75, 3.05) is 12.3 Å². The van der Waals surface area contributed by atoms with Crippen LogP contribution in [-0.4, -0.2) is 38.2 Å². The number of benzene rings is 1. The zero-order valence-corrected chi connectivity index (χ0v) is 15.8. The third-order valence-electron chi connectivity index (χ3n) is 4.66. The average Bonchev–Trinajstić information content (AvgIpc) is 3.27. The second-order valence-electron chi connectivity index (χ2n) is 6.65. The van der Waals surface area contributed by atoms with Crippen molar-refractivity contribution in [3.8, 4) is 5.75 Å². The zero-order chi connectivity index (χ0) is 20.0. The Morgan fingerprint density at radius 3 is 3.03 bits per heavy atom. The standard InChI is InChI=1S/C17H16F2N5O4P/c18-17(19)5-11(7-26-29-25-6-10-3-1-2-4-12(10)28-29)27-16(17)24-9-23-13-14(20)21-8-22-15(13)24/h1-4,8-9,11,16H,5-7H2,(H2,20,21,22). The third-order valence-corrected chi connectivity index (χ3v) is 5.70. The highest BCUT2D eigenvalue weighted by Crippen LogP contribution is 2.49. The number of hydrogen-bond acceptors (Lipinski definition) is 8. The van der Waals surface area contributed by atoms with Crippen LogP contribution >= 0.6 is 8.60 Å². The maximum atomic E-state index is 14.7. The molecule has 2 N–H and O–H groups in total. The van der Waals surface area contributed by atoms with Gasteiger partial charge in [0.15, 0.2) is 11.5 Å². The van der Waals surface area contributed by atoms with Gasteiger partial charge in [0.1, 0.15) is 17.6 Å². The first-order valence-corrected chi connectivity index (χ1v) is 9.89. The highest BCUT2D eigenvalue weighted by molar-refractivity contribution is 7.42. The summed E-state index contributed by atoms with van der Waals surface area (Å²) in [4.78, 5) is 11.8. The van der Waals surface area contributed by atoms with Crippen LogP contribution in [0.4, 0.5) is 14.6 Å². The van der Waals surface area contributed by atoms with E-state index < -0.39 is 33.3 Å². The highest BCUT2D eigenvalue weighted by Gasteiger charge is 2.52. The van der Waals surface area contributed by atoms with Gasteiger partial charge in [-0.1, -0.05) is 18.2 Å². The molecule has 4 heterocycles. The number of aromatic nitrogens is 4. The number of halogens is 2. The van der Waals surface area contributed by atoms with E-state index in [9.17, 15) is 8.78 Å². The normalized spacial score (nSPS) is 25.7. The van der Waals surface area contributed by atoms with Gasteiger partial charge in [-0.3, -0.25) is 13.6 Å². The molecule has 2 aromatic heterocycles. The second-order valence-corrected chi connectivity index (χ2v) is 7.80. The first kappa shape index (κ1) is 18.6. The maximum absolute atomic E-state index is 14.7. The molecule has 152 valence electrons. The Hall–Kier alpha value is -2.46. The Bertz CT molecular complexity index is 1050. The van der Waals surface area contributed by atoms with Crippen molar-refractivity contribution in [1.29, 1.82) is 0 Å². The molecule has 1 aromatic carbocycles. The molecule has 5 rings (SSSR count). The third kappa shape index (κ3) is 3.40. The van der Waals surface area contributed by atoms with Crippen molar-refractivity contribution in [2.24, 2.45) is 0 Å². The van der Waals surface area contributed by atoms with Gasteiger partial charge in [0.05, 0.1) is 25.6 Å². The number of nitrogen functional groups attached to an aromatic ring is 1. The molecule has 0 amide bonds. The van der Waals surface area contributed by atoms with Gasteiger partial charge in [-0.15, -0.1) is 0 Å². The number of nitrogens with zero attached hydrogens (tertiary/aromatic N) is 4. The number of ether oxygens (including phenoxy) is 1. The van der Waals surface area contributed by atoms with Crippen LogP contribution in [0.3, 0.4) is 0 Å². The summed E-state index contributed by atoms with van der Waals surface area (Å²) in [6.45, 7) is 0.248. The summed E-state index contributed by atoms with van der Waals surface area (Å²) in [6, 6.07) is 7.42. The molecule has 0 saturated carbocycles. The van der Waals surface area contributed by atoms with Crippen molar-refractivity contribution < 1.29 is 27.1 Å². The van der Waals surface area contributed by atoms with Crippen LogP contribution in [0.15, 0.2) is 36.9 Å². The lowest BCUT2D eigenvalue weighted by Crippen LogP contribution is -2.25. The highest BCUT2D eigenvalue weighted by atomic mass is 31.2. The number of fused-ring (bicyclic) bond motifs is 2. The van der Waals surface area contributed by atoms with E-state index >= 15 is 0 Å². The van der Waals surface area contributed by atoms with E-state index in [0.717, 1.165) is 5.56 Å². The maximum Gasteiger partial charge on any atom is 0.397 e. The Labute approximate surface area is 164 Å². The topological polar surface area (TPSA) is 107 Å². The van der Waals surface area contributed by atoms with Gasteiger partial charge in [-0.2, -0.15) is 0 Å². The molecule has 2 aliphatic rings. The quantitative estimate of drug-likeness (QED) is 0.638. The van der Waals surface area contributed by atoms with E-state index in [2.05, 4.69) is 15.0 Å². The predicted molar refractivity (Wildman–Crippen MR) is 97.9 cm³/mol. The average molecular weight is 423 g/mol. The van der Waals surface area contributed by atoms with Crippen LogP contribution in [0.1, 0.15) is 18.2 Å². The Kier molecular flexibility index (Phi) is 4.54. The molecular weight excluding hydrogens is 407 g/mol.